The summed E-state index contributed by atoms with van der Waals surface area (Å²) >= 11 is 11.9. The molecule has 0 aliphatic carbocycles. The minimum Gasteiger partial charge on any atom is -0.480 e. The number of carboxylic acid groups (broad SMARTS) is 1. The summed E-state index contributed by atoms with van der Waals surface area (Å²) in [6.45, 7) is 4.59. The Hall–Kier alpha value is -1.96. The Morgan fingerprint density at radius 3 is 2.29 bits per heavy atom. The highest BCUT2D eigenvalue weighted by Gasteiger charge is 2.40. The first-order valence-corrected chi connectivity index (χ1v) is 14.7. The number of likely N-dealkylation sites (N-methyl/N-ethyl adjacent to an activating group) is 1. The highest BCUT2D eigenvalue weighted by atomic mass is 35.5. The van der Waals surface area contributed by atoms with Crippen molar-refractivity contribution < 1.29 is 27.9 Å². The lowest BCUT2D eigenvalue weighted by molar-refractivity contribution is -0.143. The van der Waals surface area contributed by atoms with Crippen molar-refractivity contribution in [2.75, 3.05) is 59.9 Å². The zero-order valence-corrected chi connectivity index (χ0v) is 23.9. The zero-order chi connectivity index (χ0) is 28.0. The van der Waals surface area contributed by atoms with Gasteiger partial charge in [0.05, 0.1) is 4.90 Å². The van der Waals surface area contributed by atoms with Crippen molar-refractivity contribution >= 4 is 51.0 Å². The van der Waals surface area contributed by atoms with E-state index < -0.39 is 34.0 Å². The monoisotopic (exact) mass is 591 g/mol. The van der Waals surface area contributed by atoms with Gasteiger partial charge in [0.25, 0.3) is 0 Å². The number of sulfonamides is 1. The zero-order valence-electron chi connectivity index (χ0n) is 21.6. The first kappa shape index (κ1) is 30.6. The van der Waals surface area contributed by atoms with Crippen LogP contribution in [0.5, 0.6) is 0 Å². The van der Waals surface area contributed by atoms with Crippen LogP contribution in [0.2, 0.25) is 10.0 Å². The summed E-state index contributed by atoms with van der Waals surface area (Å²) in [6, 6.07) is 1.51. The van der Waals surface area contributed by atoms with Crippen LogP contribution in [0.15, 0.2) is 23.1 Å². The molecule has 0 spiro atoms. The van der Waals surface area contributed by atoms with E-state index in [2.05, 4.69) is 15.1 Å². The number of nitrogens with zero attached hydrogens (tertiary/aromatic N) is 4. The van der Waals surface area contributed by atoms with Crippen LogP contribution in [0, 0.1) is 0 Å². The molecule has 0 unspecified atom stereocenters. The molecule has 38 heavy (non-hydrogen) atoms. The Labute approximate surface area is 233 Å². The van der Waals surface area contributed by atoms with Gasteiger partial charge in [-0.05, 0) is 51.6 Å². The molecule has 2 N–H and O–H groups in total. The van der Waals surface area contributed by atoms with Crippen LogP contribution in [0.3, 0.4) is 0 Å². The van der Waals surface area contributed by atoms with E-state index in [1.165, 1.54) is 18.2 Å². The molecule has 0 aromatic heterocycles. The molecule has 2 amide bonds. The molecule has 3 rings (SSSR count). The van der Waals surface area contributed by atoms with Gasteiger partial charge in [-0.25, -0.2) is 13.2 Å². The fourth-order valence-corrected chi connectivity index (χ4v) is 7.00. The van der Waals surface area contributed by atoms with Crippen molar-refractivity contribution in [3.05, 3.63) is 28.2 Å². The summed E-state index contributed by atoms with van der Waals surface area (Å²) in [4.78, 5) is 43.6. The van der Waals surface area contributed by atoms with Crippen LogP contribution in [0.1, 0.15) is 25.7 Å². The number of amides is 2. The summed E-state index contributed by atoms with van der Waals surface area (Å²) in [5, 5.41) is 12.4. The number of rotatable bonds is 11. The fourth-order valence-electron chi connectivity index (χ4n) is 4.62. The predicted octanol–water partition coefficient (Wildman–Crippen LogP) is 1.20. The third kappa shape index (κ3) is 8.03. The molecule has 1 aromatic rings. The first-order valence-electron chi connectivity index (χ1n) is 12.5. The lowest BCUT2D eigenvalue weighted by Gasteiger charge is -2.35. The molecule has 2 atom stereocenters. The molecule has 0 saturated carbocycles. The van der Waals surface area contributed by atoms with Crippen LogP contribution in [-0.4, -0.2) is 122 Å². The van der Waals surface area contributed by atoms with Crippen LogP contribution >= 0.6 is 23.2 Å². The van der Waals surface area contributed by atoms with Crippen LogP contribution in [0.25, 0.3) is 0 Å². The molecule has 2 saturated heterocycles. The molecular weight excluding hydrogens is 557 g/mol. The molecule has 212 valence electrons. The average molecular weight is 593 g/mol. The SMILES string of the molecule is CN(C)CCN1CCN(C(=O)CC[C@H](NC(=O)[C@H]2CCCN2S(=O)(=O)c2cc(Cl)cc(Cl)c2)C(=O)O)CC1. The second kappa shape index (κ2) is 13.4. The lowest BCUT2D eigenvalue weighted by atomic mass is 10.1. The number of hydrogen-bond acceptors (Lipinski definition) is 7. The Kier molecular flexibility index (Phi) is 10.8. The van der Waals surface area contributed by atoms with Gasteiger partial charge in [-0.3, -0.25) is 14.5 Å². The summed E-state index contributed by atoms with van der Waals surface area (Å²) in [5.74, 6) is -2.16. The van der Waals surface area contributed by atoms with Crippen molar-refractivity contribution in [3.8, 4) is 0 Å². The standard InChI is InChI=1S/C24H35Cl2N5O6S/c1-28(2)8-9-29-10-12-30(13-11-29)22(32)6-5-20(24(34)35)27-23(33)21-4-3-7-31(21)38(36,37)19-15-17(25)14-18(26)16-19/h14-16,20-21H,3-13H2,1-2H3,(H,27,33)(H,34,35)/t20-,21+/m0/s1. The lowest BCUT2D eigenvalue weighted by Crippen LogP contribution is -2.52. The summed E-state index contributed by atoms with van der Waals surface area (Å²) in [5.41, 5.74) is 0. The van der Waals surface area contributed by atoms with E-state index in [-0.39, 0.29) is 46.7 Å². The molecule has 14 heteroatoms. The van der Waals surface area contributed by atoms with E-state index in [0.29, 0.717) is 19.5 Å². The number of piperazine rings is 1. The maximum Gasteiger partial charge on any atom is 0.326 e. The predicted molar refractivity (Wildman–Crippen MR) is 144 cm³/mol. The fraction of sp³-hybridized carbons (Fsp3) is 0.625. The van der Waals surface area contributed by atoms with Gasteiger partial charge in [0.15, 0.2) is 0 Å². The molecule has 0 bridgehead atoms. The summed E-state index contributed by atoms with van der Waals surface area (Å²) in [6.07, 6.45) is 0.540. The van der Waals surface area contributed by atoms with Crippen molar-refractivity contribution in [2.45, 2.75) is 42.7 Å². The van der Waals surface area contributed by atoms with E-state index >= 15 is 0 Å². The van der Waals surface area contributed by atoms with Crippen LogP contribution < -0.4 is 5.32 Å². The Morgan fingerprint density at radius 1 is 1.08 bits per heavy atom. The second-order valence-electron chi connectivity index (χ2n) is 9.84. The van der Waals surface area contributed by atoms with Gasteiger partial charge in [-0.15, -0.1) is 0 Å². The van der Waals surface area contributed by atoms with Crippen molar-refractivity contribution in [2.24, 2.45) is 0 Å². The van der Waals surface area contributed by atoms with Crippen LogP contribution in [-0.2, 0) is 24.4 Å². The van der Waals surface area contributed by atoms with Gasteiger partial charge in [0.2, 0.25) is 21.8 Å². The molecule has 2 heterocycles. The number of carbonyl (C=O) groups is 3. The van der Waals surface area contributed by atoms with Crippen molar-refractivity contribution in [1.29, 1.82) is 0 Å². The Balaban J connectivity index is 1.57. The van der Waals surface area contributed by atoms with E-state index in [9.17, 15) is 27.9 Å². The van der Waals surface area contributed by atoms with Crippen molar-refractivity contribution in [3.63, 3.8) is 0 Å². The minimum atomic E-state index is -4.10. The minimum absolute atomic E-state index is 0.0391. The van der Waals surface area contributed by atoms with E-state index in [0.717, 1.165) is 30.5 Å². The average Bonchev–Trinajstić information content (AvgIpc) is 3.36. The third-order valence-corrected chi connectivity index (χ3v) is 9.12. The summed E-state index contributed by atoms with van der Waals surface area (Å²) in [7, 11) is -0.0794. The number of halogens is 2. The van der Waals surface area contributed by atoms with Gasteiger partial charge in [0, 0.05) is 62.3 Å². The molecular formula is C24H35Cl2N5O6S. The number of carbonyl (C=O) groups excluding carboxylic acids is 2. The summed E-state index contributed by atoms with van der Waals surface area (Å²) < 4.78 is 27.5. The van der Waals surface area contributed by atoms with E-state index in [4.69, 9.17) is 23.2 Å². The molecule has 11 nitrogen and oxygen atoms in total. The molecule has 2 fully saturated rings. The molecule has 0 radical (unpaired) electrons. The number of carboxylic acids is 1. The smallest absolute Gasteiger partial charge is 0.326 e. The highest BCUT2D eigenvalue weighted by molar-refractivity contribution is 7.89. The molecule has 2 aliphatic heterocycles. The van der Waals surface area contributed by atoms with Gasteiger partial charge in [-0.2, -0.15) is 4.31 Å². The molecule has 2 aliphatic rings. The van der Waals surface area contributed by atoms with Gasteiger partial charge >= 0.3 is 5.97 Å². The van der Waals surface area contributed by atoms with Crippen LogP contribution in [0.4, 0.5) is 0 Å². The third-order valence-electron chi connectivity index (χ3n) is 6.80. The van der Waals surface area contributed by atoms with Crippen molar-refractivity contribution in [1.82, 2.24) is 24.3 Å². The topological polar surface area (TPSA) is 131 Å². The quantitative estimate of drug-likeness (QED) is 0.392. The number of nitrogens with one attached hydrogen (secondary N) is 1. The first-order chi connectivity index (χ1) is 17.9. The van der Waals surface area contributed by atoms with Gasteiger partial charge in [0.1, 0.15) is 12.1 Å². The molecule has 1 aromatic carbocycles. The Bertz CT molecular complexity index is 1110. The number of aliphatic carboxylic acids is 1. The second-order valence-corrected chi connectivity index (χ2v) is 12.6. The number of benzene rings is 1. The highest BCUT2D eigenvalue weighted by Crippen LogP contribution is 2.30. The largest absolute Gasteiger partial charge is 0.480 e. The van der Waals surface area contributed by atoms with Gasteiger partial charge < -0.3 is 20.2 Å². The number of hydrogen-bond donors (Lipinski definition) is 2. The van der Waals surface area contributed by atoms with E-state index in [1.807, 2.05) is 14.1 Å². The van der Waals surface area contributed by atoms with Gasteiger partial charge in [-0.1, -0.05) is 23.2 Å². The maximum absolute atomic E-state index is 13.2. The van der Waals surface area contributed by atoms with E-state index in [1.54, 1.807) is 4.90 Å². The Morgan fingerprint density at radius 2 is 1.71 bits per heavy atom. The maximum atomic E-state index is 13.2. The normalized spacial score (nSPS) is 20.0.